The molecule has 1 rings (SSSR count). The van der Waals surface area contributed by atoms with Crippen LogP contribution in [0.2, 0.25) is 0 Å². The first-order valence-corrected chi connectivity index (χ1v) is 2.79. The molecule has 45 valence electrons. The van der Waals surface area contributed by atoms with Crippen molar-refractivity contribution in [3.05, 3.63) is 13.3 Å². The summed E-state index contributed by atoms with van der Waals surface area (Å²) in [5.41, 5.74) is 0. The van der Waals surface area contributed by atoms with E-state index in [1.165, 1.54) is 6.42 Å². The zero-order chi connectivity index (χ0) is 5.11. The second kappa shape index (κ2) is 4.90. The van der Waals surface area contributed by atoms with Gasteiger partial charge in [-0.3, -0.25) is 0 Å². The van der Waals surface area contributed by atoms with Gasteiger partial charge in [0.15, 0.2) is 0 Å². The minimum absolute atomic E-state index is 0. The Morgan fingerprint density at radius 1 is 1.75 bits per heavy atom. The van der Waals surface area contributed by atoms with Gasteiger partial charge in [0.1, 0.15) is 0 Å². The van der Waals surface area contributed by atoms with Crippen LogP contribution in [0.15, 0.2) is 0 Å². The molecule has 1 saturated heterocycles. The van der Waals surface area contributed by atoms with E-state index in [4.69, 9.17) is 0 Å². The largest absolute Gasteiger partial charge is 0.348 e. The smallest absolute Gasteiger partial charge is 0 e. The summed E-state index contributed by atoms with van der Waals surface area (Å²) in [4.78, 5) is 0. The Bertz CT molecular complexity index is 50.5. The Kier molecular flexibility index (Phi) is 5.55. The maximum atomic E-state index is 3.77. The molecule has 1 heterocycles. The van der Waals surface area contributed by atoms with Crippen LogP contribution in [0.25, 0.3) is 0 Å². The minimum Gasteiger partial charge on any atom is -0.348 e. The molecule has 8 heavy (non-hydrogen) atoms. The van der Waals surface area contributed by atoms with Crippen LogP contribution >= 0.6 is 0 Å². The monoisotopic (exact) mass is 186 g/mol. The van der Waals surface area contributed by atoms with Gasteiger partial charge in [-0.05, 0) is 6.54 Å². The van der Waals surface area contributed by atoms with Crippen molar-refractivity contribution < 1.29 is 32.7 Å². The van der Waals surface area contributed by atoms with Crippen LogP contribution in [0.4, 0.5) is 0 Å². The Hall–Kier alpha value is 1.06. The number of rotatable bonds is 1. The van der Waals surface area contributed by atoms with Crippen molar-refractivity contribution in [2.45, 2.75) is 18.9 Å². The fraction of sp³-hybridized carbons (Fsp3) is 0.667. The SMILES string of the molecule is [CH2-]CC1[CH-]CCN1.[Y]. The topological polar surface area (TPSA) is 12.0 Å². The van der Waals surface area contributed by atoms with E-state index in [1.54, 1.807) is 0 Å². The Labute approximate surface area is 76.5 Å². The third-order valence-electron chi connectivity index (χ3n) is 1.31. The van der Waals surface area contributed by atoms with Crippen molar-refractivity contribution in [1.29, 1.82) is 0 Å². The van der Waals surface area contributed by atoms with E-state index in [-0.39, 0.29) is 32.7 Å². The molecular formula is C6H11NY-2. The molecule has 0 saturated carbocycles. The van der Waals surface area contributed by atoms with Crippen molar-refractivity contribution in [3.63, 3.8) is 0 Å². The molecule has 0 bridgehead atoms. The summed E-state index contributed by atoms with van der Waals surface area (Å²) in [6.45, 7) is 4.93. The fourth-order valence-electron chi connectivity index (χ4n) is 0.856. The quantitative estimate of drug-likeness (QED) is 0.596. The van der Waals surface area contributed by atoms with Crippen LogP contribution in [0.3, 0.4) is 0 Å². The fourth-order valence-corrected chi connectivity index (χ4v) is 0.856. The zero-order valence-corrected chi connectivity index (χ0v) is 7.90. The zero-order valence-electron chi connectivity index (χ0n) is 5.06. The first-order valence-electron chi connectivity index (χ1n) is 2.79. The summed E-state index contributed by atoms with van der Waals surface area (Å²) in [5.74, 6) is 0. The molecule has 1 unspecified atom stereocenters. The van der Waals surface area contributed by atoms with Crippen LogP contribution in [0, 0.1) is 13.3 Å². The normalized spacial score (nSPS) is 27.4. The van der Waals surface area contributed by atoms with Gasteiger partial charge >= 0.3 is 0 Å². The summed E-state index contributed by atoms with van der Waals surface area (Å²) in [6.07, 6.45) is 4.51. The molecule has 0 aromatic heterocycles. The first kappa shape index (κ1) is 9.06. The van der Waals surface area contributed by atoms with Crippen molar-refractivity contribution >= 4 is 0 Å². The Morgan fingerprint density at radius 2 is 2.50 bits per heavy atom. The minimum atomic E-state index is 0. The Morgan fingerprint density at radius 3 is 2.75 bits per heavy atom. The van der Waals surface area contributed by atoms with Crippen LogP contribution in [0.1, 0.15) is 12.8 Å². The third-order valence-corrected chi connectivity index (χ3v) is 1.31. The van der Waals surface area contributed by atoms with E-state index < -0.39 is 0 Å². The van der Waals surface area contributed by atoms with Gasteiger partial charge < -0.3 is 18.7 Å². The van der Waals surface area contributed by atoms with Gasteiger partial charge in [-0.2, -0.15) is 12.8 Å². The number of hydrogen-bond acceptors (Lipinski definition) is 1. The molecule has 1 atom stereocenters. The van der Waals surface area contributed by atoms with E-state index >= 15 is 0 Å². The first-order chi connectivity index (χ1) is 3.43. The van der Waals surface area contributed by atoms with Crippen LogP contribution < -0.4 is 5.32 Å². The van der Waals surface area contributed by atoms with Gasteiger partial charge in [-0.15, -0.1) is 6.04 Å². The molecule has 0 aliphatic carbocycles. The summed E-state index contributed by atoms with van der Waals surface area (Å²) < 4.78 is 0. The molecule has 0 aromatic carbocycles. The third kappa shape index (κ3) is 2.56. The molecule has 1 aliphatic heterocycles. The number of nitrogens with one attached hydrogen (secondary N) is 1. The predicted molar refractivity (Wildman–Crippen MR) is 30.7 cm³/mol. The van der Waals surface area contributed by atoms with Crippen molar-refractivity contribution in [3.8, 4) is 0 Å². The molecule has 0 amide bonds. The standard InChI is InChI=1S/C6H11N.Y/c1-2-6-4-3-5-7-6;/h4,6-7H,1-3,5H2;/q-2;. The van der Waals surface area contributed by atoms with Crippen molar-refractivity contribution in [1.82, 2.24) is 5.32 Å². The molecule has 1 N–H and O–H groups in total. The summed E-state index contributed by atoms with van der Waals surface area (Å²) in [6, 6.07) is 0.611. The van der Waals surface area contributed by atoms with E-state index in [2.05, 4.69) is 18.7 Å². The van der Waals surface area contributed by atoms with E-state index in [1.807, 2.05) is 0 Å². The second-order valence-electron chi connectivity index (χ2n) is 1.87. The van der Waals surface area contributed by atoms with Gasteiger partial charge in [0.05, 0.1) is 0 Å². The van der Waals surface area contributed by atoms with Crippen molar-refractivity contribution in [2.75, 3.05) is 6.54 Å². The maximum absolute atomic E-state index is 3.77. The van der Waals surface area contributed by atoms with Crippen LogP contribution in [0.5, 0.6) is 0 Å². The molecule has 1 fully saturated rings. The van der Waals surface area contributed by atoms with E-state index in [0.717, 1.165) is 13.0 Å². The molecule has 2 heteroatoms. The average Bonchev–Trinajstić information content (AvgIpc) is 2.14. The molecule has 1 radical (unpaired) electrons. The van der Waals surface area contributed by atoms with Gasteiger partial charge in [-0.1, -0.05) is 0 Å². The molecular weight excluding hydrogens is 175 g/mol. The van der Waals surface area contributed by atoms with Gasteiger partial charge in [-0.25, -0.2) is 0 Å². The van der Waals surface area contributed by atoms with Gasteiger partial charge in [0, 0.05) is 32.7 Å². The average molecular weight is 186 g/mol. The second-order valence-corrected chi connectivity index (χ2v) is 1.87. The van der Waals surface area contributed by atoms with Gasteiger partial charge in [0.2, 0.25) is 0 Å². The van der Waals surface area contributed by atoms with Gasteiger partial charge in [0.25, 0.3) is 0 Å². The molecule has 0 spiro atoms. The van der Waals surface area contributed by atoms with E-state index in [0.29, 0.717) is 6.04 Å². The summed E-state index contributed by atoms with van der Waals surface area (Å²) in [7, 11) is 0. The Balaban J connectivity index is 0.000000490. The van der Waals surface area contributed by atoms with E-state index in [9.17, 15) is 0 Å². The van der Waals surface area contributed by atoms with Crippen LogP contribution in [-0.4, -0.2) is 12.6 Å². The molecule has 0 aromatic rings. The van der Waals surface area contributed by atoms with Crippen LogP contribution in [-0.2, 0) is 32.7 Å². The summed E-state index contributed by atoms with van der Waals surface area (Å²) in [5, 5.41) is 3.29. The molecule has 1 nitrogen and oxygen atoms in total. The van der Waals surface area contributed by atoms with Crippen molar-refractivity contribution in [2.24, 2.45) is 0 Å². The summed E-state index contributed by atoms with van der Waals surface area (Å²) >= 11 is 0. The molecule has 1 aliphatic rings. The maximum Gasteiger partial charge on any atom is 0 e. The predicted octanol–water partition coefficient (Wildman–Crippen LogP) is 0.774. The number of hydrogen-bond donors (Lipinski definition) is 1.